The summed E-state index contributed by atoms with van der Waals surface area (Å²) in [6, 6.07) is 0.571. The van der Waals surface area contributed by atoms with Gasteiger partial charge < -0.3 is 10.4 Å². The van der Waals surface area contributed by atoms with Crippen molar-refractivity contribution < 1.29 is 9.90 Å². The van der Waals surface area contributed by atoms with Gasteiger partial charge in [0.05, 0.1) is 5.92 Å². The monoisotopic (exact) mass is 217 g/mol. The molecule has 3 unspecified atom stereocenters. The van der Waals surface area contributed by atoms with E-state index in [1.165, 1.54) is 18.6 Å². The van der Waals surface area contributed by atoms with Crippen molar-refractivity contribution in [3.8, 4) is 0 Å². The molecule has 0 spiro atoms. The Labute approximate surface area is 89.6 Å². The van der Waals surface area contributed by atoms with E-state index < -0.39 is 5.97 Å². The number of aliphatic carboxylic acids is 1. The largest absolute Gasteiger partial charge is 0.481 e. The molecular formula is C10H19NO2S. The van der Waals surface area contributed by atoms with E-state index in [0.717, 1.165) is 5.75 Å². The SMILES string of the molecule is CC(NC1CCCSC1)C(C)C(=O)O. The van der Waals surface area contributed by atoms with Crippen LogP contribution in [-0.4, -0.2) is 34.7 Å². The summed E-state index contributed by atoms with van der Waals surface area (Å²) < 4.78 is 0. The maximum atomic E-state index is 10.7. The predicted molar refractivity (Wildman–Crippen MR) is 59.7 cm³/mol. The van der Waals surface area contributed by atoms with E-state index in [0.29, 0.717) is 6.04 Å². The molecule has 0 saturated carbocycles. The van der Waals surface area contributed by atoms with Gasteiger partial charge in [0.2, 0.25) is 0 Å². The lowest BCUT2D eigenvalue weighted by Crippen LogP contribution is -2.44. The van der Waals surface area contributed by atoms with E-state index in [1.807, 2.05) is 18.7 Å². The van der Waals surface area contributed by atoms with Gasteiger partial charge in [0.1, 0.15) is 0 Å². The molecular weight excluding hydrogens is 198 g/mol. The van der Waals surface area contributed by atoms with Gasteiger partial charge in [-0.05, 0) is 25.5 Å². The van der Waals surface area contributed by atoms with Crippen molar-refractivity contribution >= 4 is 17.7 Å². The third-order valence-electron chi connectivity index (χ3n) is 2.80. The number of carbonyl (C=O) groups is 1. The Bertz CT molecular complexity index is 193. The molecule has 1 saturated heterocycles. The zero-order valence-corrected chi connectivity index (χ0v) is 9.64. The van der Waals surface area contributed by atoms with Crippen LogP contribution in [0.5, 0.6) is 0 Å². The first-order valence-corrected chi connectivity index (χ1v) is 6.33. The van der Waals surface area contributed by atoms with Crippen molar-refractivity contribution in [2.75, 3.05) is 11.5 Å². The lowest BCUT2D eigenvalue weighted by atomic mass is 10.0. The summed E-state index contributed by atoms with van der Waals surface area (Å²) in [6.07, 6.45) is 2.43. The molecule has 82 valence electrons. The van der Waals surface area contributed by atoms with Gasteiger partial charge in [0.15, 0.2) is 0 Å². The van der Waals surface area contributed by atoms with Crippen LogP contribution in [0.2, 0.25) is 0 Å². The summed E-state index contributed by atoms with van der Waals surface area (Å²) in [7, 11) is 0. The maximum Gasteiger partial charge on any atom is 0.307 e. The molecule has 3 nitrogen and oxygen atoms in total. The summed E-state index contributed by atoms with van der Waals surface area (Å²) >= 11 is 1.96. The molecule has 14 heavy (non-hydrogen) atoms. The normalized spacial score (nSPS) is 26.9. The molecule has 4 heteroatoms. The highest BCUT2D eigenvalue weighted by molar-refractivity contribution is 7.99. The van der Waals surface area contributed by atoms with Crippen molar-refractivity contribution in [2.24, 2.45) is 5.92 Å². The average Bonchev–Trinajstić information content (AvgIpc) is 2.18. The molecule has 0 aliphatic carbocycles. The van der Waals surface area contributed by atoms with Crippen molar-refractivity contribution in [3.63, 3.8) is 0 Å². The van der Waals surface area contributed by atoms with Crippen molar-refractivity contribution in [1.29, 1.82) is 0 Å². The lowest BCUT2D eigenvalue weighted by molar-refractivity contribution is -0.142. The van der Waals surface area contributed by atoms with Crippen LogP contribution in [0.1, 0.15) is 26.7 Å². The first kappa shape index (κ1) is 11.9. The molecule has 0 radical (unpaired) electrons. The van der Waals surface area contributed by atoms with E-state index in [1.54, 1.807) is 6.92 Å². The van der Waals surface area contributed by atoms with Gasteiger partial charge in [-0.15, -0.1) is 0 Å². The third kappa shape index (κ3) is 3.50. The number of nitrogens with one attached hydrogen (secondary N) is 1. The minimum absolute atomic E-state index is 0.0659. The molecule has 1 aliphatic rings. The third-order valence-corrected chi connectivity index (χ3v) is 4.01. The fourth-order valence-electron chi connectivity index (χ4n) is 1.60. The van der Waals surface area contributed by atoms with Gasteiger partial charge in [0, 0.05) is 17.8 Å². The van der Waals surface area contributed by atoms with Crippen LogP contribution in [0, 0.1) is 5.92 Å². The Balaban J connectivity index is 2.31. The molecule has 0 aromatic carbocycles. The minimum Gasteiger partial charge on any atom is -0.481 e. The van der Waals surface area contributed by atoms with Crippen LogP contribution < -0.4 is 5.32 Å². The lowest BCUT2D eigenvalue weighted by Gasteiger charge is -2.28. The zero-order chi connectivity index (χ0) is 10.6. The van der Waals surface area contributed by atoms with Crippen LogP contribution in [0.25, 0.3) is 0 Å². The highest BCUT2D eigenvalue weighted by Crippen LogP contribution is 2.18. The Hall–Kier alpha value is -0.220. The van der Waals surface area contributed by atoms with Crippen molar-refractivity contribution in [3.05, 3.63) is 0 Å². The number of thioether (sulfide) groups is 1. The second-order valence-electron chi connectivity index (χ2n) is 4.00. The van der Waals surface area contributed by atoms with Crippen LogP contribution >= 0.6 is 11.8 Å². The highest BCUT2D eigenvalue weighted by Gasteiger charge is 2.22. The molecule has 0 bridgehead atoms. The summed E-state index contributed by atoms with van der Waals surface area (Å²) in [5.74, 6) is 1.35. The molecule has 0 aromatic heterocycles. The standard InChI is InChI=1S/C10H19NO2S/c1-7(10(12)13)8(2)11-9-4-3-5-14-6-9/h7-9,11H,3-6H2,1-2H3,(H,12,13). The van der Waals surface area contributed by atoms with Crippen LogP contribution in [-0.2, 0) is 4.79 Å². The van der Waals surface area contributed by atoms with Gasteiger partial charge in [-0.25, -0.2) is 0 Å². The molecule has 1 fully saturated rings. The molecule has 0 aromatic rings. The van der Waals surface area contributed by atoms with E-state index in [9.17, 15) is 4.79 Å². The molecule has 0 amide bonds. The van der Waals surface area contributed by atoms with Gasteiger partial charge in [-0.3, -0.25) is 4.79 Å². The summed E-state index contributed by atoms with van der Waals surface area (Å²) in [5, 5.41) is 12.2. The zero-order valence-electron chi connectivity index (χ0n) is 8.82. The second kappa shape index (κ2) is 5.61. The fraction of sp³-hybridized carbons (Fsp3) is 0.900. The summed E-state index contributed by atoms with van der Waals surface area (Å²) in [5.41, 5.74) is 0. The minimum atomic E-state index is -0.714. The summed E-state index contributed by atoms with van der Waals surface area (Å²) in [6.45, 7) is 3.72. The molecule has 2 N–H and O–H groups in total. The smallest absolute Gasteiger partial charge is 0.307 e. The first-order valence-electron chi connectivity index (χ1n) is 5.18. The maximum absolute atomic E-state index is 10.7. The number of hydrogen-bond donors (Lipinski definition) is 2. The van der Waals surface area contributed by atoms with Crippen LogP contribution in [0.4, 0.5) is 0 Å². The van der Waals surface area contributed by atoms with E-state index in [4.69, 9.17) is 5.11 Å². The molecule has 1 heterocycles. The second-order valence-corrected chi connectivity index (χ2v) is 5.15. The average molecular weight is 217 g/mol. The van der Waals surface area contributed by atoms with Crippen molar-refractivity contribution in [2.45, 2.75) is 38.8 Å². The van der Waals surface area contributed by atoms with Gasteiger partial charge in [0.25, 0.3) is 0 Å². The highest BCUT2D eigenvalue weighted by atomic mass is 32.2. The number of carboxylic acid groups (broad SMARTS) is 1. The molecule has 1 aliphatic heterocycles. The molecule has 1 rings (SSSR count). The molecule has 3 atom stereocenters. The Kier molecular flexibility index (Phi) is 4.75. The van der Waals surface area contributed by atoms with Crippen LogP contribution in [0.15, 0.2) is 0 Å². The van der Waals surface area contributed by atoms with Gasteiger partial charge >= 0.3 is 5.97 Å². The van der Waals surface area contributed by atoms with Crippen molar-refractivity contribution in [1.82, 2.24) is 5.32 Å². The van der Waals surface area contributed by atoms with E-state index in [2.05, 4.69) is 5.32 Å². The quantitative estimate of drug-likeness (QED) is 0.750. The fourth-order valence-corrected chi connectivity index (χ4v) is 2.69. The number of rotatable bonds is 4. The Morgan fingerprint density at radius 1 is 1.57 bits per heavy atom. The summed E-state index contributed by atoms with van der Waals surface area (Å²) in [4.78, 5) is 10.7. The van der Waals surface area contributed by atoms with E-state index in [-0.39, 0.29) is 12.0 Å². The Morgan fingerprint density at radius 2 is 2.29 bits per heavy atom. The predicted octanol–water partition coefficient (Wildman–Crippen LogP) is 1.58. The number of carboxylic acids is 1. The topological polar surface area (TPSA) is 49.3 Å². The first-order chi connectivity index (χ1) is 6.61. The number of hydrogen-bond acceptors (Lipinski definition) is 3. The van der Waals surface area contributed by atoms with E-state index >= 15 is 0 Å². The van der Waals surface area contributed by atoms with Gasteiger partial charge in [-0.1, -0.05) is 6.92 Å². The van der Waals surface area contributed by atoms with Gasteiger partial charge in [-0.2, -0.15) is 11.8 Å². The van der Waals surface area contributed by atoms with Crippen LogP contribution in [0.3, 0.4) is 0 Å². The Morgan fingerprint density at radius 3 is 2.79 bits per heavy atom.